The molecule has 0 atom stereocenters. The van der Waals surface area contributed by atoms with Gasteiger partial charge < -0.3 is 15.1 Å². The van der Waals surface area contributed by atoms with Gasteiger partial charge >= 0.3 is 0 Å². The van der Waals surface area contributed by atoms with E-state index < -0.39 is 0 Å². The van der Waals surface area contributed by atoms with Gasteiger partial charge in [0.05, 0.1) is 13.1 Å². The number of rotatable bonds is 6. The van der Waals surface area contributed by atoms with Crippen LogP contribution >= 0.6 is 0 Å². The molecule has 0 fully saturated rings. The van der Waals surface area contributed by atoms with Crippen LogP contribution in [0.2, 0.25) is 0 Å². The van der Waals surface area contributed by atoms with Crippen molar-refractivity contribution in [2.75, 3.05) is 10.6 Å². The van der Waals surface area contributed by atoms with E-state index in [2.05, 4.69) is 48.7 Å². The Morgan fingerprint density at radius 2 is 1.09 bits per heavy atom. The van der Waals surface area contributed by atoms with Gasteiger partial charge in [0, 0.05) is 11.4 Å². The first kappa shape index (κ1) is 15.2. The van der Waals surface area contributed by atoms with Crippen molar-refractivity contribution in [2.45, 2.75) is 26.9 Å². The zero-order valence-corrected chi connectivity index (χ0v) is 13.6. The van der Waals surface area contributed by atoms with Gasteiger partial charge in [-0.15, -0.1) is 0 Å². The van der Waals surface area contributed by atoms with Crippen LogP contribution in [0.4, 0.5) is 11.4 Å². The zero-order valence-electron chi connectivity index (χ0n) is 13.6. The van der Waals surface area contributed by atoms with Gasteiger partial charge in [0.25, 0.3) is 0 Å². The predicted octanol–water partition coefficient (Wildman–Crippen LogP) is 5.12. The van der Waals surface area contributed by atoms with Crippen molar-refractivity contribution in [3.8, 4) is 0 Å². The molecule has 1 aromatic heterocycles. The number of hydrogen-bond acceptors (Lipinski definition) is 3. The Hall–Kier alpha value is -2.68. The van der Waals surface area contributed by atoms with Gasteiger partial charge in [0.15, 0.2) is 0 Å². The van der Waals surface area contributed by atoms with Crippen molar-refractivity contribution in [3.63, 3.8) is 0 Å². The van der Waals surface area contributed by atoms with Crippen molar-refractivity contribution in [1.82, 2.24) is 0 Å². The van der Waals surface area contributed by atoms with Crippen molar-refractivity contribution in [2.24, 2.45) is 0 Å². The number of para-hydroxylation sites is 2. The average molecular weight is 306 g/mol. The molecule has 0 aliphatic heterocycles. The van der Waals surface area contributed by atoms with Crippen LogP contribution in [0.1, 0.15) is 22.6 Å². The fourth-order valence-corrected chi connectivity index (χ4v) is 2.52. The lowest BCUT2D eigenvalue weighted by molar-refractivity contribution is 0.477. The lowest BCUT2D eigenvalue weighted by atomic mass is 10.2. The highest BCUT2D eigenvalue weighted by Crippen LogP contribution is 2.18. The molecule has 0 saturated carbocycles. The highest BCUT2D eigenvalue weighted by molar-refractivity contribution is 5.51. The molecule has 3 heteroatoms. The highest BCUT2D eigenvalue weighted by atomic mass is 16.3. The predicted molar refractivity (Wildman–Crippen MR) is 95.7 cm³/mol. The van der Waals surface area contributed by atoms with E-state index in [1.54, 1.807) is 0 Å². The van der Waals surface area contributed by atoms with Gasteiger partial charge in [-0.2, -0.15) is 0 Å². The molecule has 0 amide bonds. The summed E-state index contributed by atoms with van der Waals surface area (Å²) in [5, 5.41) is 6.82. The van der Waals surface area contributed by atoms with E-state index in [0.717, 1.165) is 22.9 Å². The Morgan fingerprint density at radius 1 is 0.652 bits per heavy atom. The Bertz CT molecular complexity index is 713. The maximum Gasteiger partial charge on any atom is 0.123 e. The third kappa shape index (κ3) is 3.95. The Morgan fingerprint density at radius 3 is 1.52 bits per heavy atom. The average Bonchev–Trinajstić information content (AvgIpc) is 3.01. The summed E-state index contributed by atoms with van der Waals surface area (Å²) in [7, 11) is 0. The number of hydrogen-bond donors (Lipinski definition) is 2. The Kier molecular flexibility index (Phi) is 4.67. The van der Waals surface area contributed by atoms with Gasteiger partial charge in [-0.05, 0) is 49.2 Å². The SMILES string of the molecule is Cc1ccccc1NCc1ccc(CNc2ccccc2C)o1. The summed E-state index contributed by atoms with van der Waals surface area (Å²) in [6.07, 6.45) is 0. The molecular weight excluding hydrogens is 284 g/mol. The van der Waals surface area contributed by atoms with E-state index in [9.17, 15) is 0 Å². The van der Waals surface area contributed by atoms with Crippen LogP contribution < -0.4 is 10.6 Å². The Labute approximate surface area is 137 Å². The zero-order chi connectivity index (χ0) is 16.1. The number of nitrogens with one attached hydrogen (secondary N) is 2. The number of furan rings is 1. The van der Waals surface area contributed by atoms with Crippen molar-refractivity contribution in [1.29, 1.82) is 0 Å². The molecule has 0 aliphatic carbocycles. The number of anilines is 2. The van der Waals surface area contributed by atoms with Crippen LogP contribution in [0.25, 0.3) is 0 Å². The lowest BCUT2D eigenvalue weighted by Gasteiger charge is -2.08. The lowest BCUT2D eigenvalue weighted by Crippen LogP contribution is -2.01. The molecule has 118 valence electrons. The summed E-state index contributed by atoms with van der Waals surface area (Å²) >= 11 is 0. The standard InChI is InChI=1S/C20H22N2O/c1-15-7-3-5-9-19(15)21-13-17-11-12-18(23-17)14-22-20-10-6-4-8-16(20)2/h3-12,21-22H,13-14H2,1-2H3. The largest absolute Gasteiger partial charge is 0.462 e. The molecule has 0 bridgehead atoms. The monoisotopic (exact) mass is 306 g/mol. The minimum absolute atomic E-state index is 0.690. The summed E-state index contributed by atoms with van der Waals surface area (Å²) in [5.74, 6) is 1.88. The van der Waals surface area contributed by atoms with E-state index in [-0.39, 0.29) is 0 Å². The van der Waals surface area contributed by atoms with Crippen LogP contribution in [0.3, 0.4) is 0 Å². The molecule has 2 aromatic carbocycles. The molecule has 0 radical (unpaired) electrons. The normalized spacial score (nSPS) is 10.5. The third-order valence-electron chi connectivity index (χ3n) is 3.91. The molecular formula is C20H22N2O. The number of benzene rings is 2. The molecule has 3 aromatic rings. The first-order chi connectivity index (χ1) is 11.2. The number of aryl methyl sites for hydroxylation is 2. The van der Waals surface area contributed by atoms with Crippen LogP contribution in [-0.2, 0) is 13.1 Å². The fraction of sp³-hybridized carbons (Fsp3) is 0.200. The minimum Gasteiger partial charge on any atom is -0.462 e. The van der Waals surface area contributed by atoms with Gasteiger partial charge in [-0.3, -0.25) is 0 Å². The van der Waals surface area contributed by atoms with Gasteiger partial charge in [-0.1, -0.05) is 36.4 Å². The van der Waals surface area contributed by atoms with Crippen LogP contribution in [0, 0.1) is 13.8 Å². The summed E-state index contributed by atoms with van der Waals surface area (Å²) in [6.45, 7) is 5.58. The van der Waals surface area contributed by atoms with Crippen molar-refractivity contribution in [3.05, 3.63) is 83.3 Å². The van der Waals surface area contributed by atoms with E-state index in [0.29, 0.717) is 13.1 Å². The molecule has 0 saturated heterocycles. The highest BCUT2D eigenvalue weighted by Gasteiger charge is 2.04. The molecule has 3 rings (SSSR count). The van der Waals surface area contributed by atoms with E-state index in [4.69, 9.17) is 4.42 Å². The fourth-order valence-electron chi connectivity index (χ4n) is 2.52. The smallest absolute Gasteiger partial charge is 0.123 e. The summed E-state index contributed by atoms with van der Waals surface area (Å²) in [6, 6.07) is 20.6. The Balaban J connectivity index is 1.56. The minimum atomic E-state index is 0.690. The second-order valence-electron chi connectivity index (χ2n) is 5.70. The molecule has 1 heterocycles. The van der Waals surface area contributed by atoms with Crippen LogP contribution in [0.5, 0.6) is 0 Å². The first-order valence-electron chi connectivity index (χ1n) is 7.89. The summed E-state index contributed by atoms with van der Waals surface area (Å²) in [5.41, 5.74) is 4.76. The van der Waals surface area contributed by atoms with Gasteiger partial charge in [0.1, 0.15) is 11.5 Å². The first-order valence-corrected chi connectivity index (χ1v) is 7.89. The molecule has 0 aliphatic rings. The maximum absolute atomic E-state index is 5.88. The van der Waals surface area contributed by atoms with E-state index in [1.807, 2.05) is 36.4 Å². The van der Waals surface area contributed by atoms with Crippen LogP contribution in [0.15, 0.2) is 65.1 Å². The maximum atomic E-state index is 5.88. The summed E-state index contributed by atoms with van der Waals surface area (Å²) < 4.78 is 5.88. The van der Waals surface area contributed by atoms with Gasteiger partial charge in [0.2, 0.25) is 0 Å². The van der Waals surface area contributed by atoms with Crippen molar-refractivity contribution >= 4 is 11.4 Å². The topological polar surface area (TPSA) is 37.2 Å². The molecule has 2 N–H and O–H groups in total. The molecule has 3 nitrogen and oxygen atoms in total. The quantitative estimate of drug-likeness (QED) is 0.663. The molecule has 0 unspecified atom stereocenters. The second-order valence-corrected chi connectivity index (χ2v) is 5.70. The molecule has 0 spiro atoms. The van der Waals surface area contributed by atoms with E-state index >= 15 is 0 Å². The van der Waals surface area contributed by atoms with Gasteiger partial charge in [-0.25, -0.2) is 0 Å². The third-order valence-corrected chi connectivity index (χ3v) is 3.91. The van der Waals surface area contributed by atoms with Crippen molar-refractivity contribution < 1.29 is 4.42 Å². The van der Waals surface area contributed by atoms with E-state index in [1.165, 1.54) is 11.1 Å². The summed E-state index contributed by atoms with van der Waals surface area (Å²) in [4.78, 5) is 0. The van der Waals surface area contributed by atoms with Crippen LogP contribution in [-0.4, -0.2) is 0 Å². The second kappa shape index (κ2) is 7.05. The molecule has 23 heavy (non-hydrogen) atoms.